The molecule has 0 unspecified atom stereocenters. The van der Waals surface area contributed by atoms with Crippen molar-refractivity contribution in [2.45, 2.75) is 19.8 Å². The van der Waals surface area contributed by atoms with Crippen molar-refractivity contribution in [1.29, 1.82) is 0 Å². The zero-order chi connectivity index (χ0) is 19.2. The van der Waals surface area contributed by atoms with E-state index < -0.39 is 5.91 Å². The van der Waals surface area contributed by atoms with Crippen molar-refractivity contribution >= 4 is 11.9 Å². The average molecular weight is 367 g/mol. The number of aromatic nitrogens is 2. The van der Waals surface area contributed by atoms with Gasteiger partial charge in [0.25, 0.3) is 5.91 Å². The van der Waals surface area contributed by atoms with Gasteiger partial charge in [0.1, 0.15) is 11.5 Å². The van der Waals surface area contributed by atoms with Crippen LogP contribution in [0.15, 0.2) is 46.9 Å². The van der Waals surface area contributed by atoms with Crippen LogP contribution in [0.1, 0.15) is 34.3 Å². The molecule has 3 rings (SSSR count). The molecule has 1 heterocycles. The summed E-state index contributed by atoms with van der Waals surface area (Å²) in [5.41, 5.74) is 2.64. The van der Waals surface area contributed by atoms with Crippen LogP contribution in [0.25, 0.3) is 0 Å². The van der Waals surface area contributed by atoms with E-state index in [1.807, 2.05) is 12.1 Å². The summed E-state index contributed by atoms with van der Waals surface area (Å²) in [4.78, 5) is 12.5. The van der Waals surface area contributed by atoms with Gasteiger partial charge >= 0.3 is 6.01 Å². The Kier molecular flexibility index (Phi) is 5.71. The van der Waals surface area contributed by atoms with Crippen LogP contribution in [0.2, 0.25) is 0 Å². The Morgan fingerprint density at radius 1 is 1.04 bits per heavy atom. The van der Waals surface area contributed by atoms with Crippen LogP contribution in [-0.4, -0.2) is 30.3 Å². The number of anilines is 1. The topological polar surface area (TPSA) is 86.5 Å². The molecular formula is C20H21N3O4. The summed E-state index contributed by atoms with van der Waals surface area (Å²) in [5.74, 6) is 0.965. The summed E-state index contributed by atoms with van der Waals surface area (Å²) < 4.78 is 15.9. The molecule has 0 atom stereocenters. The summed E-state index contributed by atoms with van der Waals surface area (Å²) in [7, 11) is 3.02. The maximum absolute atomic E-state index is 12.5. The van der Waals surface area contributed by atoms with E-state index >= 15 is 0 Å². The number of benzene rings is 2. The Labute approximate surface area is 157 Å². The lowest BCUT2D eigenvalue weighted by Gasteiger charge is -2.09. The van der Waals surface area contributed by atoms with E-state index in [1.54, 1.807) is 18.2 Å². The highest BCUT2D eigenvalue weighted by atomic mass is 16.5. The molecule has 0 spiro atoms. The molecule has 7 nitrogen and oxygen atoms in total. The molecule has 1 N–H and O–H groups in total. The van der Waals surface area contributed by atoms with Crippen molar-refractivity contribution in [2.75, 3.05) is 19.5 Å². The normalized spacial score (nSPS) is 10.5. The van der Waals surface area contributed by atoms with Crippen molar-refractivity contribution in [2.24, 2.45) is 0 Å². The highest BCUT2D eigenvalue weighted by Gasteiger charge is 2.17. The largest absolute Gasteiger partial charge is 0.497 e. The summed E-state index contributed by atoms with van der Waals surface area (Å²) in [6, 6.07) is 13.2. The van der Waals surface area contributed by atoms with Gasteiger partial charge in [0.2, 0.25) is 5.89 Å². The first-order chi connectivity index (χ1) is 13.1. The number of carbonyl (C=O) groups excluding carboxylic acids is 1. The van der Waals surface area contributed by atoms with Gasteiger partial charge in [-0.25, -0.2) is 0 Å². The zero-order valence-corrected chi connectivity index (χ0v) is 15.5. The first-order valence-corrected chi connectivity index (χ1v) is 8.56. The van der Waals surface area contributed by atoms with Gasteiger partial charge in [-0.3, -0.25) is 10.1 Å². The quantitative estimate of drug-likeness (QED) is 0.688. The summed E-state index contributed by atoms with van der Waals surface area (Å²) in [6.45, 7) is 2.11. The minimum atomic E-state index is -0.423. The number of amides is 1. The monoisotopic (exact) mass is 367 g/mol. The van der Waals surface area contributed by atoms with Gasteiger partial charge in [-0.15, -0.1) is 5.10 Å². The first-order valence-electron chi connectivity index (χ1n) is 8.56. The molecule has 0 saturated heterocycles. The summed E-state index contributed by atoms with van der Waals surface area (Å²) in [6.07, 6.45) is 1.49. The van der Waals surface area contributed by atoms with Gasteiger partial charge in [-0.1, -0.05) is 36.3 Å². The number of nitrogens with zero attached hydrogens (tertiary/aromatic N) is 2. The maximum Gasteiger partial charge on any atom is 0.322 e. The number of carbonyl (C=O) groups is 1. The third-order valence-electron chi connectivity index (χ3n) is 4.13. The maximum atomic E-state index is 12.5. The van der Waals surface area contributed by atoms with Crippen LogP contribution in [0.4, 0.5) is 6.01 Å². The Hall–Kier alpha value is -3.35. The molecule has 0 saturated carbocycles. The smallest absolute Gasteiger partial charge is 0.322 e. The SMILES string of the molecule is CCc1ccc(Cc2nnc(NC(=O)c3cc(OC)ccc3OC)o2)cc1. The molecule has 7 heteroatoms. The van der Waals surface area contributed by atoms with Crippen LogP contribution < -0.4 is 14.8 Å². The lowest BCUT2D eigenvalue weighted by Crippen LogP contribution is -2.13. The summed E-state index contributed by atoms with van der Waals surface area (Å²) >= 11 is 0. The molecule has 0 fully saturated rings. The van der Waals surface area contributed by atoms with Crippen LogP contribution in [0, 0.1) is 0 Å². The molecular weight excluding hydrogens is 346 g/mol. The van der Waals surface area contributed by atoms with Gasteiger partial charge in [0.05, 0.1) is 26.2 Å². The highest BCUT2D eigenvalue weighted by molar-refractivity contribution is 6.05. The minimum absolute atomic E-state index is 0.0325. The number of nitrogens with one attached hydrogen (secondary N) is 1. The van der Waals surface area contributed by atoms with Gasteiger partial charge < -0.3 is 13.9 Å². The van der Waals surface area contributed by atoms with Crippen LogP contribution in [0.3, 0.4) is 0 Å². The Bertz CT molecular complexity index is 919. The van der Waals surface area contributed by atoms with Crippen LogP contribution >= 0.6 is 0 Å². The molecule has 27 heavy (non-hydrogen) atoms. The number of hydrogen-bond donors (Lipinski definition) is 1. The van der Waals surface area contributed by atoms with E-state index in [4.69, 9.17) is 13.9 Å². The third kappa shape index (κ3) is 4.44. The fraction of sp³-hybridized carbons (Fsp3) is 0.250. The van der Waals surface area contributed by atoms with Gasteiger partial charge in [-0.2, -0.15) is 0 Å². The first kappa shape index (κ1) is 18.4. The molecule has 140 valence electrons. The third-order valence-corrected chi connectivity index (χ3v) is 4.13. The highest BCUT2D eigenvalue weighted by Crippen LogP contribution is 2.25. The molecule has 1 aromatic heterocycles. The van der Waals surface area contributed by atoms with E-state index in [9.17, 15) is 4.79 Å². The van der Waals surface area contributed by atoms with E-state index in [0.29, 0.717) is 29.4 Å². The molecule has 1 amide bonds. The Morgan fingerprint density at radius 2 is 1.78 bits per heavy atom. The Morgan fingerprint density at radius 3 is 2.44 bits per heavy atom. The number of rotatable bonds is 7. The fourth-order valence-corrected chi connectivity index (χ4v) is 2.60. The Balaban J connectivity index is 1.70. The van der Waals surface area contributed by atoms with Crippen molar-refractivity contribution in [1.82, 2.24) is 10.2 Å². The summed E-state index contributed by atoms with van der Waals surface area (Å²) in [5, 5.41) is 10.5. The second-order valence-electron chi connectivity index (χ2n) is 5.87. The predicted octanol–water partition coefficient (Wildman–Crippen LogP) is 3.49. The van der Waals surface area contributed by atoms with Crippen LogP contribution in [0.5, 0.6) is 11.5 Å². The van der Waals surface area contributed by atoms with Gasteiger partial charge in [0.15, 0.2) is 0 Å². The van der Waals surface area contributed by atoms with E-state index in [1.165, 1.54) is 19.8 Å². The molecule has 0 aliphatic rings. The molecule has 0 bridgehead atoms. The van der Waals surface area contributed by atoms with E-state index in [0.717, 1.165) is 12.0 Å². The van der Waals surface area contributed by atoms with Crippen molar-refractivity contribution < 1.29 is 18.7 Å². The van der Waals surface area contributed by atoms with Gasteiger partial charge in [0, 0.05) is 0 Å². The van der Waals surface area contributed by atoms with E-state index in [-0.39, 0.29) is 6.01 Å². The lowest BCUT2D eigenvalue weighted by atomic mass is 10.1. The fourth-order valence-electron chi connectivity index (χ4n) is 2.60. The lowest BCUT2D eigenvalue weighted by molar-refractivity contribution is 0.102. The van der Waals surface area contributed by atoms with Crippen molar-refractivity contribution in [3.8, 4) is 11.5 Å². The zero-order valence-electron chi connectivity index (χ0n) is 15.5. The molecule has 3 aromatic rings. The molecule has 2 aromatic carbocycles. The molecule has 0 radical (unpaired) electrons. The van der Waals surface area contributed by atoms with Crippen LogP contribution in [-0.2, 0) is 12.8 Å². The predicted molar refractivity (Wildman–Crippen MR) is 100 cm³/mol. The number of methoxy groups -OCH3 is 2. The molecule has 0 aliphatic heterocycles. The van der Waals surface area contributed by atoms with E-state index in [2.05, 4.69) is 34.6 Å². The molecule has 0 aliphatic carbocycles. The van der Waals surface area contributed by atoms with Gasteiger partial charge in [-0.05, 0) is 35.7 Å². The number of ether oxygens (including phenoxy) is 2. The number of hydrogen-bond acceptors (Lipinski definition) is 6. The van der Waals surface area contributed by atoms with Crippen molar-refractivity contribution in [3.05, 3.63) is 65.0 Å². The average Bonchev–Trinajstić information content (AvgIpc) is 3.14. The second-order valence-corrected chi connectivity index (χ2v) is 5.87. The second kappa shape index (κ2) is 8.35. The van der Waals surface area contributed by atoms with Crippen molar-refractivity contribution in [3.63, 3.8) is 0 Å². The number of aryl methyl sites for hydroxylation is 1. The minimum Gasteiger partial charge on any atom is -0.497 e. The standard InChI is InChI=1S/C20H21N3O4/c1-4-13-5-7-14(8-6-13)11-18-22-23-20(27-18)21-19(24)16-12-15(25-2)9-10-17(16)26-3/h5-10,12H,4,11H2,1-3H3,(H,21,23,24).